The molecule has 0 heterocycles. The van der Waals surface area contributed by atoms with E-state index in [2.05, 4.69) is 33.4 Å². The van der Waals surface area contributed by atoms with Gasteiger partial charge in [-0.05, 0) is 17.2 Å². The fourth-order valence-corrected chi connectivity index (χ4v) is 2.34. The van der Waals surface area contributed by atoms with E-state index in [0.29, 0.717) is 17.4 Å². The first-order valence-corrected chi connectivity index (χ1v) is 6.94. The summed E-state index contributed by atoms with van der Waals surface area (Å²) in [6, 6.07) is 4.30. The van der Waals surface area contributed by atoms with Crippen molar-refractivity contribution in [1.82, 2.24) is 0 Å². The first kappa shape index (κ1) is 16.1. The van der Waals surface area contributed by atoms with Crippen LogP contribution in [0.1, 0.15) is 20.8 Å². The summed E-state index contributed by atoms with van der Waals surface area (Å²) in [6.45, 7) is 6.63. The first-order valence-electron chi connectivity index (χ1n) is 5.93. The molecule has 0 aliphatic carbocycles. The van der Waals surface area contributed by atoms with E-state index < -0.39 is 4.92 Å². The molecule has 106 valence electrons. The largest absolute Gasteiger partial charge is 0.486 e. The molecule has 1 unspecified atom stereocenters. The predicted octanol–water partition coefficient (Wildman–Crippen LogP) is 4.22. The third-order valence-electron chi connectivity index (χ3n) is 3.00. The van der Waals surface area contributed by atoms with Crippen LogP contribution in [-0.4, -0.2) is 17.3 Å². The molecule has 0 amide bonds. The molecule has 0 fully saturated rings. The lowest BCUT2D eigenvalue weighted by Crippen LogP contribution is -2.28. The van der Waals surface area contributed by atoms with E-state index >= 15 is 0 Å². The van der Waals surface area contributed by atoms with Gasteiger partial charge in [0.15, 0.2) is 5.75 Å². The van der Waals surface area contributed by atoms with Crippen LogP contribution in [0.4, 0.5) is 5.69 Å². The second-order valence-electron chi connectivity index (χ2n) is 5.43. The summed E-state index contributed by atoms with van der Waals surface area (Å²) >= 11 is 10.1. The van der Waals surface area contributed by atoms with Crippen molar-refractivity contribution in [2.24, 2.45) is 11.3 Å². The molecule has 4 nitrogen and oxygen atoms in total. The summed E-state index contributed by atoms with van der Waals surface area (Å²) in [5.41, 5.74) is -0.0500. The fourth-order valence-electron chi connectivity index (χ4n) is 1.52. The van der Waals surface area contributed by atoms with Crippen LogP contribution in [-0.2, 0) is 0 Å². The van der Waals surface area contributed by atoms with E-state index in [-0.39, 0.29) is 22.8 Å². The summed E-state index contributed by atoms with van der Waals surface area (Å²) in [7, 11) is 0. The number of hydrogen-bond acceptors (Lipinski definition) is 4. The van der Waals surface area contributed by atoms with Gasteiger partial charge in [-0.1, -0.05) is 32.4 Å². The van der Waals surface area contributed by atoms with Gasteiger partial charge in [0.2, 0.25) is 0 Å². The molecule has 0 radical (unpaired) electrons. The van der Waals surface area contributed by atoms with Crippen molar-refractivity contribution in [1.29, 1.82) is 0 Å². The number of nitro groups is 1. The molecule has 0 N–H and O–H groups in total. The molecule has 1 aromatic rings. The molecule has 6 heteroatoms. The Morgan fingerprint density at radius 1 is 1.47 bits per heavy atom. The smallest absolute Gasteiger partial charge is 0.311 e. The van der Waals surface area contributed by atoms with Crippen LogP contribution in [0.15, 0.2) is 18.2 Å². The van der Waals surface area contributed by atoms with Crippen molar-refractivity contribution in [2.45, 2.75) is 20.8 Å². The van der Waals surface area contributed by atoms with Crippen LogP contribution in [0, 0.1) is 21.4 Å². The van der Waals surface area contributed by atoms with Crippen molar-refractivity contribution in [2.75, 3.05) is 12.4 Å². The lowest BCUT2D eigenvalue weighted by molar-refractivity contribution is -0.385. The second-order valence-corrected chi connectivity index (χ2v) is 6.23. The molecule has 0 aliphatic rings. The molecule has 1 atom stereocenters. The van der Waals surface area contributed by atoms with Crippen LogP contribution >= 0.6 is 24.2 Å². The first-order chi connectivity index (χ1) is 8.75. The van der Waals surface area contributed by atoms with E-state index in [9.17, 15) is 10.1 Å². The molecule has 0 aromatic heterocycles. The number of benzene rings is 1. The number of rotatable bonds is 5. The van der Waals surface area contributed by atoms with Gasteiger partial charge in [0.05, 0.1) is 11.5 Å². The van der Waals surface area contributed by atoms with E-state index in [4.69, 9.17) is 16.3 Å². The summed E-state index contributed by atoms with van der Waals surface area (Å²) in [5, 5.41) is 11.3. The van der Waals surface area contributed by atoms with Crippen molar-refractivity contribution >= 4 is 29.9 Å². The Bertz CT molecular complexity index is 460. The highest BCUT2D eigenvalue weighted by molar-refractivity contribution is 7.80. The molecular formula is C13H18ClNO3S. The molecule has 0 spiro atoms. The molecule has 0 saturated carbocycles. The van der Waals surface area contributed by atoms with Crippen molar-refractivity contribution in [3.05, 3.63) is 33.3 Å². The topological polar surface area (TPSA) is 52.4 Å². The summed E-state index contributed by atoms with van der Waals surface area (Å²) < 4.78 is 5.58. The standard InChI is InChI=1S/C13H18ClNO3S/c1-13(2,3)9(8-19)7-18-12-6-10(14)4-5-11(12)15(16)17/h4-6,9,19H,7-8H2,1-3H3. The number of halogens is 1. The van der Waals surface area contributed by atoms with Crippen molar-refractivity contribution in [3.63, 3.8) is 0 Å². The molecule has 1 rings (SSSR count). The van der Waals surface area contributed by atoms with Gasteiger partial charge in [-0.15, -0.1) is 0 Å². The highest BCUT2D eigenvalue weighted by Crippen LogP contribution is 2.32. The van der Waals surface area contributed by atoms with Gasteiger partial charge in [-0.2, -0.15) is 12.6 Å². The molecule has 1 aromatic carbocycles. The van der Waals surface area contributed by atoms with Gasteiger partial charge in [0.1, 0.15) is 0 Å². The Morgan fingerprint density at radius 3 is 2.58 bits per heavy atom. The Kier molecular flexibility index (Phi) is 5.50. The van der Waals surface area contributed by atoms with Gasteiger partial charge >= 0.3 is 5.69 Å². The lowest BCUT2D eigenvalue weighted by atomic mass is 9.82. The highest BCUT2D eigenvalue weighted by Gasteiger charge is 2.25. The van der Waals surface area contributed by atoms with Crippen LogP contribution in [0.3, 0.4) is 0 Å². The Labute approximate surface area is 123 Å². The van der Waals surface area contributed by atoms with Gasteiger partial charge < -0.3 is 4.74 Å². The summed E-state index contributed by atoms with van der Waals surface area (Å²) in [4.78, 5) is 10.4. The van der Waals surface area contributed by atoms with Crippen LogP contribution in [0.5, 0.6) is 5.75 Å². The molecule has 0 aliphatic heterocycles. The van der Waals surface area contributed by atoms with Crippen LogP contribution in [0.2, 0.25) is 5.02 Å². The second kappa shape index (κ2) is 6.48. The maximum absolute atomic E-state index is 10.9. The van der Waals surface area contributed by atoms with E-state index in [1.165, 1.54) is 18.2 Å². The number of thiol groups is 1. The fraction of sp³-hybridized carbons (Fsp3) is 0.538. The summed E-state index contributed by atoms with van der Waals surface area (Å²) in [6.07, 6.45) is 0. The van der Waals surface area contributed by atoms with Crippen molar-refractivity contribution in [3.8, 4) is 5.75 Å². The van der Waals surface area contributed by atoms with Gasteiger partial charge in [-0.3, -0.25) is 10.1 Å². The highest BCUT2D eigenvalue weighted by atomic mass is 35.5. The Balaban J connectivity index is 2.87. The minimum absolute atomic E-state index is 0.0229. The average Bonchev–Trinajstić information content (AvgIpc) is 2.27. The van der Waals surface area contributed by atoms with E-state index in [1.54, 1.807) is 0 Å². The monoisotopic (exact) mass is 303 g/mol. The van der Waals surface area contributed by atoms with Gasteiger partial charge in [0, 0.05) is 23.1 Å². The molecular weight excluding hydrogens is 286 g/mol. The van der Waals surface area contributed by atoms with Crippen LogP contribution in [0.25, 0.3) is 0 Å². The molecule has 0 saturated heterocycles. The predicted molar refractivity (Wildman–Crippen MR) is 80.4 cm³/mol. The maximum Gasteiger partial charge on any atom is 0.311 e. The normalized spacial score (nSPS) is 13.1. The summed E-state index contributed by atoms with van der Waals surface area (Å²) in [5.74, 6) is 1.04. The zero-order chi connectivity index (χ0) is 14.6. The number of nitrogens with zero attached hydrogens (tertiary/aromatic N) is 1. The van der Waals surface area contributed by atoms with Crippen LogP contribution < -0.4 is 4.74 Å². The van der Waals surface area contributed by atoms with Crippen molar-refractivity contribution < 1.29 is 9.66 Å². The van der Waals surface area contributed by atoms with Gasteiger partial charge in [0.25, 0.3) is 0 Å². The average molecular weight is 304 g/mol. The number of hydrogen-bond donors (Lipinski definition) is 1. The quantitative estimate of drug-likeness (QED) is 0.503. The van der Waals surface area contributed by atoms with Gasteiger partial charge in [-0.25, -0.2) is 0 Å². The zero-order valence-corrected chi connectivity index (χ0v) is 12.9. The SMILES string of the molecule is CC(C)(C)C(CS)COc1cc(Cl)ccc1[N+](=O)[O-]. The third-order valence-corrected chi connectivity index (χ3v) is 3.68. The lowest BCUT2D eigenvalue weighted by Gasteiger charge is -2.29. The third kappa shape index (κ3) is 4.58. The Morgan fingerprint density at radius 2 is 2.11 bits per heavy atom. The molecule has 0 bridgehead atoms. The maximum atomic E-state index is 10.9. The van der Waals surface area contributed by atoms with E-state index in [0.717, 1.165) is 0 Å². The minimum atomic E-state index is -0.474. The van der Waals surface area contributed by atoms with E-state index in [1.807, 2.05) is 0 Å². The number of nitro benzene ring substituents is 1. The number of ether oxygens (including phenoxy) is 1. The Hall–Kier alpha value is -0.940. The minimum Gasteiger partial charge on any atom is -0.486 e. The zero-order valence-electron chi connectivity index (χ0n) is 11.2. The molecule has 19 heavy (non-hydrogen) atoms.